The summed E-state index contributed by atoms with van der Waals surface area (Å²) in [5, 5.41) is 3.62. The number of rotatable bonds is 7. The van der Waals surface area contributed by atoms with E-state index in [9.17, 15) is 14.4 Å². The molecular formula is C21H23N3O5. The van der Waals surface area contributed by atoms with Gasteiger partial charge in [0.2, 0.25) is 0 Å². The summed E-state index contributed by atoms with van der Waals surface area (Å²) in [7, 11) is 0. The number of nitrogens with zero attached hydrogens (tertiary/aromatic N) is 1. The van der Waals surface area contributed by atoms with Gasteiger partial charge in [-0.25, -0.2) is 9.59 Å². The topological polar surface area (TPSA) is 120 Å². The van der Waals surface area contributed by atoms with Crippen LogP contribution in [0.2, 0.25) is 0 Å². The van der Waals surface area contributed by atoms with Crippen LogP contribution in [0.5, 0.6) is 0 Å². The van der Waals surface area contributed by atoms with Crippen LogP contribution in [0, 0.1) is 11.8 Å². The number of nitrogens with one attached hydrogen (secondary N) is 1. The summed E-state index contributed by atoms with van der Waals surface area (Å²) < 4.78 is 0. The molecule has 0 aliphatic rings. The summed E-state index contributed by atoms with van der Waals surface area (Å²) in [6, 6.07) is 16.5. The average Bonchev–Trinajstić information content (AvgIpc) is 2.76. The molecule has 2 rings (SSSR count). The lowest BCUT2D eigenvalue weighted by Gasteiger charge is -2.20. The molecule has 8 heteroatoms. The SMILES string of the molecule is CCC(C)C(C(=O)NOC(=O)c1ccccc1)/C(N)=N/OC(=O)c1ccccc1. The maximum Gasteiger partial charge on any atom is 0.365 e. The fourth-order valence-electron chi connectivity index (χ4n) is 2.49. The molecule has 0 heterocycles. The molecule has 29 heavy (non-hydrogen) atoms. The van der Waals surface area contributed by atoms with Gasteiger partial charge in [-0.1, -0.05) is 61.8 Å². The molecule has 2 aromatic rings. The Labute approximate surface area is 168 Å². The minimum absolute atomic E-state index is 0.197. The van der Waals surface area contributed by atoms with E-state index in [-0.39, 0.29) is 17.3 Å². The first kappa shape index (κ1) is 21.6. The Bertz CT molecular complexity index is 868. The van der Waals surface area contributed by atoms with E-state index in [0.717, 1.165) is 0 Å². The Kier molecular flexibility index (Phi) is 7.90. The summed E-state index contributed by atoms with van der Waals surface area (Å²) in [6.45, 7) is 3.65. The van der Waals surface area contributed by atoms with E-state index in [4.69, 9.17) is 15.4 Å². The quantitative estimate of drug-likeness (QED) is 0.321. The van der Waals surface area contributed by atoms with Gasteiger partial charge in [0.25, 0.3) is 5.91 Å². The summed E-state index contributed by atoms with van der Waals surface area (Å²) >= 11 is 0. The molecule has 1 amide bonds. The molecule has 0 spiro atoms. The highest BCUT2D eigenvalue weighted by Gasteiger charge is 2.30. The number of oxime groups is 1. The molecule has 0 aliphatic heterocycles. The van der Waals surface area contributed by atoms with Crippen molar-refractivity contribution < 1.29 is 24.1 Å². The highest BCUT2D eigenvalue weighted by atomic mass is 16.7. The fraction of sp³-hybridized carbons (Fsp3) is 0.238. The number of hydrogen-bond donors (Lipinski definition) is 2. The average molecular weight is 397 g/mol. The number of carbonyl (C=O) groups is 3. The van der Waals surface area contributed by atoms with Gasteiger partial charge in [0.05, 0.1) is 11.1 Å². The Balaban J connectivity index is 2.04. The van der Waals surface area contributed by atoms with E-state index in [2.05, 4.69) is 10.6 Å². The molecule has 2 atom stereocenters. The second kappa shape index (κ2) is 10.6. The van der Waals surface area contributed by atoms with Crippen LogP contribution in [0.25, 0.3) is 0 Å². The molecule has 0 radical (unpaired) electrons. The zero-order valence-corrected chi connectivity index (χ0v) is 16.2. The van der Waals surface area contributed by atoms with Crippen LogP contribution in [0.3, 0.4) is 0 Å². The minimum atomic E-state index is -0.952. The highest BCUT2D eigenvalue weighted by Crippen LogP contribution is 2.16. The molecule has 0 fully saturated rings. The molecule has 0 aromatic heterocycles. The lowest BCUT2D eigenvalue weighted by Crippen LogP contribution is -2.43. The molecule has 3 N–H and O–H groups in total. The van der Waals surface area contributed by atoms with Gasteiger partial charge in [-0.15, -0.1) is 0 Å². The van der Waals surface area contributed by atoms with Crippen molar-refractivity contribution in [2.75, 3.05) is 0 Å². The van der Waals surface area contributed by atoms with Gasteiger partial charge in [0.15, 0.2) is 5.84 Å². The Morgan fingerprint density at radius 1 is 0.966 bits per heavy atom. The van der Waals surface area contributed by atoms with Crippen LogP contribution in [0.4, 0.5) is 0 Å². The third-order valence-corrected chi connectivity index (χ3v) is 4.31. The summed E-state index contributed by atoms with van der Waals surface area (Å²) in [4.78, 5) is 46.2. The smallest absolute Gasteiger partial charge is 0.365 e. The van der Waals surface area contributed by atoms with Gasteiger partial charge in [0, 0.05) is 0 Å². The van der Waals surface area contributed by atoms with E-state index < -0.39 is 23.8 Å². The van der Waals surface area contributed by atoms with Crippen LogP contribution in [0.1, 0.15) is 41.0 Å². The van der Waals surface area contributed by atoms with Crippen molar-refractivity contribution in [3.63, 3.8) is 0 Å². The molecule has 2 unspecified atom stereocenters. The predicted octanol–water partition coefficient (Wildman–Crippen LogP) is 2.67. The molecule has 0 saturated carbocycles. The third kappa shape index (κ3) is 6.17. The number of nitrogens with two attached hydrogens (primary N) is 1. The Morgan fingerprint density at radius 3 is 2.00 bits per heavy atom. The molecular weight excluding hydrogens is 374 g/mol. The maximum absolute atomic E-state index is 12.5. The van der Waals surface area contributed by atoms with E-state index in [1.54, 1.807) is 67.6 Å². The second-order valence-corrected chi connectivity index (χ2v) is 6.35. The monoisotopic (exact) mass is 397 g/mol. The number of amides is 1. The second-order valence-electron chi connectivity index (χ2n) is 6.35. The molecule has 0 saturated heterocycles. The van der Waals surface area contributed by atoms with E-state index in [1.165, 1.54) is 0 Å². The molecule has 2 aromatic carbocycles. The first-order valence-electron chi connectivity index (χ1n) is 9.09. The normalized spacial score (nSPS) is 13.1. The fourth-order valence-corrected chi connectivity index (χ4v) is 2.49. The van der Waals surface area contributed by atoms with Crippen molar-refractivity contribution in [2.45, 2.75) is 20.3 Å². The molecule has 0 bridgehead atoms. The number of carbonyl (C=O) groups excluding carboxylic acids is 3. The van der Waals surface area contributed by atoms with Crippen molar-refractivity contribution in [1.29, 1.82) is 0 Å². The molecule has 152 valence electrons. The first-order valence-corrected chi connectivity index (χ1v) is 9.09. The van der Waals surface area contributed by atoms with Gasteiger partial charge in [-0.2, -0.15) is 5.48 Å². The van der Waals surface area contributed by atoms with Gasteiger partial charge in [-0.05, 0) is 30.2 Å². The van der Waals surface area contributed by atoms with Crippen molar-refractivity contribution in [2.24, 2.45) is 22.7 Å². The van der Waals surface area contributed by atoms with Gasteiger partial charge >= 0.3 is 11.9 Å². The Hall–Kier alpha value is -3.68. The highest BCUT2D eigenvalue weighted by molar-refractivity contribution is 6.03. The van der Waals surface area contributed by atoms with Crippen molar-refractivity contribution in [3.05, 3.63) is 71.8 Å². The maximum atomic E-state index is 12.5. The van der Waals surface area contributed by atoms with E-state index in [0.29, 0.717) is 12.0 Å². The largest absolute Gasteiger partial charge is 0.384 e. The zero-order chi connectivity index (χ0) is 21.2. The van der Waals surface area contributed by atoms with Gasteiger partial charge < -0.3 is 15.4 Å². The summed E-state index contributed by atoms with van der Waals surface area (Å²) in [5.41, 5.74) is 8.60. The Morgan fingerprint density at radius 2 is 1.48 bits per heavy atom. The van der Waals surface area contributed by atoms with Crippen LogP contribution in [-0.2, 0) is 14.5 Å². The molecule has 8 nitrogen and oxygen atoms in total. The third-order valence-electron chi connectivity index (χ3n) is 4.31. The minimum Gasteiger partial charge on any atom is -0.384 e. The van der Waals surface area contributed by atoms with E-state index >= 15 is 0 Å². The predicted molar refractivity (Wildman–Crippen MR) is 106 cm³/mol. The van der Waals surface area contributed by atoms with Crippen molar-refractivity contribution in [1.82, 2.24) is 5.48 Å². The van der Waals surface area contributed by atoms with Crippen LogP contribution in [0.15, 0.2) is 65.8 Å². The zero-order valence-electron chi connectivity index (χ0n) is 16.2. The summed E-state index contributed by atoms with van der Waals surface area (Å²) in [5.74, 6) is -3.48. The summed E-state index contributed by atoms with van der Waals surface area (Å²) in [6.07, 6.45) is 0.591. The number of amidine groups is 1. The van der Waals surface area contributed by atoms with E-state index in [1.807, 2.05) is 6.92 Å². The lowest BCUT2D eigenvalue weighted by atomic mass is 9.90. The van der Waals surface area contributed by atoms with Gasteiger partial charge in [-0.3, -0.25) is 4.79 Å². The van der Waals surface area contributed by atoms with Gasteiger partial charge in [0.1, 0.15) is 5.92 Å². The number of hydrogen-bond acceptors (Lipinski definition) is 6. The number of benzene rings is 2. The van der Waals surface area contributed by atoms with Crippen molar-refractivity contribution in [3.8, 4) is 0 Å². The van der Waals surface area contributed by atoms with Crippen LogP contribution >= 0.6 is 0 Å². The van der Waals surface area contributed by atoms with Crippen molar-refractivity contribution >= 4 is 23.7 Å². The van der Waals surface area contributed by atoms with Crippen LogP contribution in [-0.4, -0.2) is 23.7 Å². The molecule has 0 aliphatic carbocycles. The number of hydroxylamine groups is 1. The standard InChI is InChI=1S/C21H23N3O5/c1-3-14(2)17(18(22)23-28-20(26)15-10-6-4-7-11-15)19(25)24-29-21(27)16-12-8-5-9-13-16/h4-14,17H,3H2,1-2H3,(H2,22,23)(H,24,25). The first-order chi connectivity index (χ1) is 13.9. The van der Waals surface area contributed by atoms with Crippen LogP contribution < -0.4 is 11.2 Å². The lowest BCUT2D eigenvalue weighted by molar-refractivity contribution is -0.133.